The molecule has 0 N–H and O–H groups in total. The average Bonchev–Trinajstić information content (AvgIpc) is 3.41. The van der Waals surface area contributed by atoms with E-state index in [-0.39, 0.29) is 17.5 Å². The van der Waals surface area contributed by atoms with Gasteiger partial charge in [-0.05, 0) is 43.6 Å². The molecule has 0 saturated carbocycles. The summed E-state index contributed by atoms with van der Waals surface area (Å²) in [4.78, 5) is 19.3. The molecular formula is C18H15FN6O2S. The quantitative estimate of drug-likeness (QED) is 0.515. The minimum Gasteiger partial charge on any atom is -0.463 e. The van der Waals surface area contributed by atoms with Gasteiger partial charge < -0.3 is 13.9 Å². The second kappa shape index (κ2) is 6.20. The maximum absolute atomic E-state index is 13.9. The number of rotatable bonds is 2. The smallest absolute Gasteiger partial charge is 0.258 e. The van der Waals surface area contributed by atoms with Gasteiger partial charge in [0.05, 0.1) is 23.3 Å². The number of hydrogen-bond acceptors (Lipinski definition) is 7. The van der Waals surface area contributed by atoms with Crippen LogP contribution in [0.15, 0.2) is 28.9 Å². The fourth-order valence-corrected chi connectivity index (χ4v) is 4.22. The van der Waals surface area contributed by atoms with Crippen molar-refractivity contribution >= 4 is 28.4 Å². The van der Waals surface area contributed by atoms with Crippen molar-refractivity contribution in [2.75, 3.05) is 6.54 Å². The van der Waals surface area contributed by atoms with Crippen LogP contribution in [0.1, 0.15) is 35.0 Å². The zero-order valence-electron chi connectivity index (χ0n) is 15.1. The van der Waals surface area contributed by atoms with Gasteiger partial charge in [-0.1, -0.05) is 0 Å². The van der Waals surface area contributed by atoms with Crippen LogP contribution >= 0.6 is 11.5 Å². The van der Waals surface area contributed by atoms with Crippen molar-refractivity contribution in [2.45, 2.75) is 26.4 Å². The number of amides is 1. The Kier molecular flexibility index (Phi) is 3.76. The number of nitrogens with zero attached hydrogens (tertiary/aromatic N) is 6. The Balaban J connectivity index is 1.50. The summed E-state index contributed by atoms with van der Waals surface area (Å²) in [6, 6.07) is 3.98. The van der Waals surface area contributed by atoms with Gasteiger partial charge in [0, 0.05) is 13.1 Å². The van der Waals surface area contributed by atoms with Gasteiger partial charge in [-0.2, -0.15) is 4.37 Å². The topological polar surface area (TPSA) is 89.9 Å². The Morgan fingerprint density at radius 2 is 2.14 bits per heavy atom. The lowest BCUT2D eigenvalue weighted by Crippen LogP contribution is -2.41. The molecule has 142 valence electrons. The normalized spacial score (nSPS) is 16.5. The molecule has 8 nitrogen and oxygen atoms in total. The molecular weight excluding hydrogens is 383 g/mol. The van der Waals surface area contributed by atoms with Gasteiger partial charge in [0.1, 0.15) is 17.2 Å². The molecule has 1 atom stereocenters. The zero-order valence-corrected chi connectivity index (χ0v) is 15.9. The highest BCUT2D eigenvalue weighted by Crippen LogP contribution is 2.32. The molecule has 4 aromatic rings. The van der Waals surface area contributed by atoms with E-state index in [2.05, 4.69) is 19.6 Å². The van der Waals surface area contributed by atoms with Crippen LogP contribution in [0, 0.1) is 12.7 Å². The molecule has 3 aromatic heterocycles. The molecule has 0 unspecified atom stereocenters. The number of hydrogen-bond donors (Lipinski definition) is 0. The van der Waals surface area contributed by atoms with Gasteiger partial charge in [0.15, 0.2) is 16.7 Å². The van der Waals surface area contributed by atoms with Gasteiger partial charge >= 0.3 is 0 Å². The number of carbonyl (C=O) groups is 1. The summed E-state index contributed by atoms with van der Waals surface area (Å²) in [5, 5.41) is 9.56. The fourth-order valence-electron chi connectivity index (χ4n) is 3.56. The van der Waals surface area contributed by atoms with Crippen LogP contribution in [0.3, 0.4) is 0 Å². The molecule has 0 saturated heterocycles. The number of benzene rings is 1. The number of halogens is 1. The lowest BCUT2D eigenvalue weighted by atomic mass is 10.1. The maximum Gasteiger partial charge on any atom is 0.258 e. The third kappa shape index (κ3) is 2.44. The summed E-state index contributed by atoms with van der Waals surface area (Å²) < 4.78 is 25.5. The van der Waals surface area contributed by atoms with Gasteiger partial charge in [0.2, 0.25) is 0 Å². The summed E-state index contributed by atoms with van der Waals surface area (Å²) in [5.41, 5.74) is 0.593. The van der Waals surface area contributed by atoms with Gasteiger partial charge in [0.25, 0.3) is 5.91 Å². The highest BCUT2D eigenvalue weighted by Gasteiger charge is 2.33. The molecule has 0 radical (unpaired) electrons. The average molecular weight is 398 g/mol. The standard InChI is InChI=1S/C18H15FN6O2S/c1-9-15-21-22-16(17-20-10(2)23-28-17)25(15)7-6-24(9)18(26)12-3-4-13(19)11-5-8-27-14(11)12/h3-5,8-9H,6-7H2,1-2H3/t9-/m1/s1. The van der Waals surface area contributed by atoms with Crippen molar-refractivity contribution in [2.24, 2.45) is 0 Å². The van der Waals surface area contributed by atoms with E-state index in [0.717, 1.165) is 0 Å². The Morgan fingerprint density at radius 1 is 1.29 bits per heavy atom. The highest BCUT2D eigenvalue weighted by atomic mass is 32.1. The van der Waals surface area contributed by atoms with E-state index in [1.807, 2.05) is 18.4 Å². The van der Waals surface area contributed by atoms with E-state index >= 15 is 0 Å². The van der Waals surface area contributed by atoms with Crippen molar-refractivity contribution < 1.29 is 13.6 Å². The monoisotopic (exact) mass is 398 g/mol. The van der Waals surface area contributed by atoms with Crippen molar-refractivity contribution in [1.82, 2.24) is 29.0 Å². The first kappa shape index (κ1) is 17.0. The molecule has 0 aliphatic carbocycles. The molecule has 28 heavy (non-hydrogen) atoms. The number of carbonyl (C=O) groups excluding carboxylic acids is 1. The molecule has 0 bridgehead atoms. The van der Waals surface area contributed by atoms with E-state index in [0.29, 0.717) is 46.5 Å². The van der Waals surface area contributed by atoms with Crippen molar-refractivity contribution in [3.8, 4) is 10.8 Å². The van der Waals surface area contributed by atoms with Gasteiger partial charge in [-0.15, -0.1) is 10.2 Å². The largest absolute Gasteiger partial charge is 0.463 e. The van der Waals surface area contributed by atoms with Crippen LogP contribution in [0.25, 0.3) is 21.8 Å². The van der Waals surface area contributed by atoms with Gasteiger partial charge in [-0.3, -0.25) is 4.79 Å². The molecule has 1 amide bonds. The third-order valence-corrected chi connectivity index (χ3v) is 5.76. The molecule has 10 heteroatoms. The number of furan rings is 1. The predicted octanol–water partition coefficient (Wildman–Crippen LogP) is 3.21. The predicted molar refractivity (Wildman–Crippen MR) is 99.3 cm³/mol. The van der Waals surface area contributed by atoms with Crippen LogP contribution in [0.2, 0.25) is 0 Å². The zero-order chi connectivity index (χ0) is 19.4. The van der Waals surface area contributed by atoms with E-state index in [9.17, 15) is 9.18 Å². The van der Waals surface area contributed by atoms with E-state index in [4.69, 9.17) is 4.42 Å². The van der Waals surface area contributed by atoms with Crippen LogP contribution in [-0.4, -0.2) is 41.5 Å². The van der Waals surface area contributed by atoms with Crippen LogP contribution in [0.5, 0.6) is 0 Å². The van der Waals surface area contributed by atoms with Crippen LogP contribution in [0.4, 0.5) is 4.39 Å². The van der Waals surface area contributed by atoms with E-state index in [1.165, 1.54) is 36.0 Å². The first-order valence-electron chi connectivity index (χ1n) is 8.75. The lowest BCUT2D eigenvalue weighted by Gasteiger charge is -2.33. The molecule has 0 spiro atoms. The Labute approximate surface area is 162 Å². The Hall–Kier alpha value is -3.14. The molecule has 1 aliphatic rings. The minimum atomic E-state index is -0.413. The number of aromatic nitrogens is 5. The molecule has 0 fully saturated rings. The second-order valence-electron chi connectivity index (χ2n) is 6.61. The molecule has 4 heterocycles. The minimum absolute atomic E-state index is 0.227. The summed E-state index contributed by atoms with van der Waals surface area (Å²) in [5.74, 6) is 1.39. The second-order valence-corrected chi connectivity index (χ2v) is 7.36. The number of aryl methyl sites for hydroxylation is 1. The lowest BCUT2D eigenvalue weighted by molar-refractivity contribution is 0.0639. The third-order valence-electron chi connectivity index (χ3n) is 4.96. The van der Waals surface area contributed by atoms with Crippen LogP contribution in [-0.2, 0) is 6.54 Å². The van der Waals surface area contributed by atoms with Crippen LogP contribution < -0.4 is 0 Å². The molecule has 5 rings (SSSR count). The maximum atomic E-state index is 13.9. The summed E-state index contributed by atoms with van der Waals surface area (Å²) in [7, 11) is 0. The molecule has 1 aromatic carbocycles. The summed E-state index contributed by atoms with van der Waals surface area (Å²) in [6.07, 6.45) is 1.39. The number of fused-ring (bicyclic) bond motifs is 2. The van der Waals surface area contributed by atoms with Crippen molar-refractivity contribution in [3.05, 3.63) is 47.5 Å². The SMILES string of the molecule is Cc1nsc(-c2nnc3n2CCN(C(=O)c2ccc(F)c4ccoc24)[C@@H]3C)n1. The first-order chi connectivity index (χ1) is 13.5. The van der Waals surface area contributed by atoms with E-state index < -0.39 is 5.82 Å². The highest BCUT2D eigenvalue weighted by molar-refractivity contribution is 7.09. The summed E-state index contributed by atoms with van der Waals surface area (Å²) >= 11 is 1.28. The molecule has 1 aliphatic heterocycles. The van der Waals surface area contributed by atoms with Crippen molar-refractivity contribution in [1.29, 1.82) is 0 Å². The summed E-state index contributed by atoms with van der Waals surface area (Å²) in [6.45, 7) is 4.73. The Morgan fingerprint density at radius 3 is 2.93 bits per heavy atom. The first-order valence-corrected chi connectivity index (χ1v) is 9.52. The van der Waals surface area contributed by atoms with E-state index in [1.54, 1.807) is 4.90 Å². The fraction of sp³-hybridized carbons (Fsp3) is 0.278. The van der Waals surface area contributed by atoms with Crippen molar-refractivity contribution in [3.63, 3.8) is 0 Å². The van der Waals surface area contributed by atoms with Gasteiger partial charge in [-0.25, -0.2) is 9.37 Å². The Bertz CT molecular complexity index is 1210.